The van der Waals surface area contributed by atoms with Crippen molar-refractivity contribution in [1.29, 1.82) is 0 Å². The number of ketones is 1. The van der Waals surface area contributed by atoms with Gasteiger partial charge in [0.1, 0.15) is 5.41 Å². The SMILES string of the molecule is CCCC#CCC1(C(=O)OC)C(=O)CCC1CC(=O)O. The molecule has 0 amide bonds. The molecule has 1 aliphatic rings. The highest BCUT2D eigenvalue weighted by molar-refractivity contribution is 6.06. The Labute approximate surface area is 118 Å². The van der Waals surface area contributed by atoms with Gasteiger partial charge in [0.25, 0.3) is 0 Å². The molecule has 2 unspecified atom stereocenters. The summed E-state index contributed by atoms with van der Waals surface area (Å²) in [6.45, 7) is 1.98. The van der Waals surface area contributed by atoms with Gasteiger partial charge in [0.2, 0.25) is 0 Å². The molecule has 1 rings (SSSR count). The summed E-state index contributed by atoms with van der Waals surface area (Å²) in [6, 6.07) is 0. The van der Waals surface area contributed by atoms with Crippen LogP contribution in [0.4, 0.5) is 0 Å². The summed E-state index contributed by atoms with van der Waals surface area (Å²) in [5.41, 5.74) is -1.39. The molecule has 110 valence electrons. The van der Waals surface area contributed by atoms with E-state index in [-0.39, 0.29) is 25.0 Å². The average Bonchev–Trinajstić information content (AvgIpc) is 2.71. The van der Waals surface area contributed by atoms with Crippen LogP contribution in [0.5, 0.6) is 0 Å². The predicted molar refractivity (Wildman–Crippen MR) is 71.7 cm³/mol. The largest absolute Gasteiger partial charge is 0.481 e. The van der Waals surface area contributed by atoms with Crippen LogP contribution in [0.3, 0.4) is 0 Å². The molecule has 20 heavy (non-hydrogen) atoms. The summed E-state index contributed by atoms with van der Waals surface area (Å²) in [5, 5.41) is 8.96. The van der Waals surface area contributed by atoms with Crippen LogP contribution in [0.15, 0.2) is 0 Å². The van der Waals surface area contributed by atoms with Crippen molar-refractivity contribution in [3.63, 3.8) is 0 Å². The second-order valence-corrected chi connectivity index (χ2v) is 5.00. The monoisotopic (exact) mass is 280 g/mol. The van der Waals surface area contributed by atoms with Crippen molar-refractivity contribution in [3.8, 4) is 11.8 Å². The zero-order valence-corrected chi connectivity index (χ0v) is 11.9. The third-order valence-electron chi connectivity index (χ3n) is 3.75. The first-order chi connectivity index (χ1) is 9.48. The van der Waals surface area contributed by atoms with Crippen LogP contribution in [-0.4, -0.2) is 29.9 Å². The summed E-state index contributed by atoms with van der Waals surface area (Å²) < 4.78 is 4.76. The van der Waals surface area contributed by atoms with E-state index in [0.717, 1.165) is 6.42 Å². The van der Waals surface area contributed by atoms with Gasteiger partial charge < -0.3 is 9.84 Å². The molecule has 0 aromatic heterocycles. The average molecular weight is 280 g/mol. The van der Waals surface area contributed by atoms with Gasteiger partial charge in [-0.3, -0.25) is 14.4 Å². The number of esters is 1. The molecule has 2 atom stereocenters. The molecule has 0 aromatic rings. The van der Waals surface area contributed by atoms with Crippen LogP contribution < -0.4 is 0 Å². The van der Waals surface area contributed by atoms with Crippen LogP contribution in [0, 0.1) is 23.2 Å². The summed E-state index contributed by atoms with van der Waals surface area (Å²) in [5.74, 6) is 3.31. The Balaban J connectivity index is 3.06. The fraction of sp³-hybridized carbons (Fsp3) is 0.667. The number of hydrogen-bond acceptors (Lipinski definition) is 4. The molecule has 0 heterocycles. The zero-order valence-electron chi connectivity index (χ0n) is 11.9. The van der Waals surface area contributed by atoms with Crippen molar-refractivity contribution in [2.45, 2.75) is 45.4 Å². The van der Waals surface area contributed by atoms with E-state index >= 15 is 0 Å². The van der Waals surface area contributed by atoms with Crippen molar-refractivity contribution in [2.24, 2.45) is 11.3 Å². The van der Waals surface area contributed by atoms with Crippen molar-refractivity contribution in [1.82, 2.24) is 0 Å². The first-order valence-electron chi connectivity index (χ1n) is 6.78. The van der Waals surface area contributed by atoms with E-state index in [4.69, 9.17) is 9.84 Å². The molecule has 1 N–H and O–H groups in total. The van der Waals surface area contributed by atoms with E-state index in [0.29, 0.717) is 12.8 Å². The van der Waals surface area contributed by atoms with Crippen molar-refractivity contribution in [2.75, 3.05) is 7.11 Å². The van der Waals surface area contributed by atoms with E-state index in [1.807, 2.05) is 6.92 Å². The number of carboxylic acids is 1. The van der Waals surface area contributed by atoms with Crippen LogP contribution in [0.2, 0.25) is 0 Å². The highest BCUT2D eigenvalue weighted by atomic mass is 16.5. The maximum atomic E-state index is 12.2. The van der Waals surface area contributed by atoms with Crippen LogP contribution >= 0.6 is 0 Å². The number of aliphatic carboxylic acids is 1. The third kappa shape index (κ3) is 3.19. The molecule has 1 aliphatic carbocycles. The second-order valence-electron chi connectivity index (χ2n) is 5.00. The molecule has 0 aromatic carbocycles. The molecular weight excluding hydrogens is 260 g/mol. The van der Waals surface area contributed by atoms with Gasteiger partial charge in [0, 0.05) is 25.7 Å². The smallest absolute Gasteiger partial charge is 0.320 e. The molecule has 5 heteroatoms. The summed E-state index contributed by atoms with van der Waals surface area (Å²) in [4.78, 5) is 35.2. The lowest BCUT2D eigenvalue weighted by Crippen LogP contribution is -2.42. The lowest BCUT2D eigenvalue weighted by molar-refractivity contribution is -0.159. The fourth-order valence-electron chi connectivity index (χ4n) is 2.68. The van der Waals surface area contributed by atoms with Gasteiger partial charge in [0.05, 0.1) is 7.11 Å². The van der Waals surface area contributed by atoms with E-state index in [9.17, 15) is 14.4 Å². The second kappa shape index (κ2) is 7.09. The van der Waals surface area contributed by atoms with Gasteiger partial charge in [-0.1, -0.05) is 6.92 Å². The van der Waals surface area contributed by atoms with Crippen molar-refractivity contribution in [3.05, 3.63) is 0 Å². The number of carboxylic acid groups (broad SMARTS) is 1. The Hall–Kier alpha value is -1.83. The summed E-state index contributed by atoms with van der Waals surface area (Å²) >= 11 is 0. The molecule has 1 saturated carbocycles. The Kier molecular flexibility index (Phi) is 5.75. The molecule has 0 bridgehead atoms. The normalized spacial score (nSPS) is 24.9. The van der Waals surface area contributed by atoms with E-state index in [1.165, 1.54) is 7.11 Å². The lowest BCUT2D eigenvalue weighted by atomic mass is 9.73. The first-order valence-corrected chi connectivity index (χ1v) is 6.78. The van der Waals surface area contributed by atoms with E-state index in [2.05, 4.69) is 11.8 Å². The number of rotatable bonds is 5. The van der Waals surface area contributed by atoms with Gasteiger partial charge in [-0.25, -0.2) is 0 Å². The number of Topliss-reactive ketones (excluding diaryl/α,β-unsaturated/α-hetero) is 1. The topological polar surface area (TPSA) is 80.7 Å². The third-order valence-corrected chi connectivity index (χ3v) is 3.75. The van der Waals surface area contributed by atoms with Gasteiger partial charge in [-0.05, 0) is 18.8 Å². The van der Waals surface area contributed by atoms with Gasteiger partial charge in [-0.15, -0.1) is 11.8 Å². The van der Waals surface area contributed by atoms with Crippen LogP contribution in [0.1, 0.15) is 45.4 Å². The number of carbonyl (C=O) groups is 3. The highest BCUT2D eigenvalue weighted by Gasteiger charge is 2.56. The lowest BCUT2D eigenvalue weighted by Gasteiger charge is -2.28. The number of hydrogen-bond donors (Lipinski definition) is 1. The van der Waals surface area contributed by atoms with Gasteiger partial charge >= 0.3 is 11.9 Å². The standard InChI is InChI=1S/C15H20O5/c1-3-4-5-6-9-15(14(19)20-2)11(10-13(17)18)7-8-12(15)16/h11H,3-4,7-10H2,1-2H3,(H,17,18). The number of unbranched alkanes of at least 4 members (excludes halogenated alkanes) is 1. The Morgan fingerprint density at radius 3 is 2.70 bits per heavy atom. The fourth-order valence-corrected chi connectivity index (χ4v) is 2.68. The Morgan fingerprint density at radius 1 is 1.45 bits per heavy atom. The maximum Gasteiger partial charge on any atom is 0.320 e. The number of methoxy groups -OCH3 is 1. The van der Waals surface area contributed by atoms with Gasteiger partial charge in [0.15, 0.2) is 5.78 Å². The molecule has 0 radical (unpaired) electrons. The Bertz CT molecular complexity index is 457. The summed E-state index contributed by atoms with van der Waals surface area (Å²) in [7, 11) is 1.22. The molecular formula is C15H20O5. The zero-order chi connectivity index (χ0) is 15.2. The minimum absolute atomic E-state index is 0.0520. The molecule has 5 nitrogen and oxygen atoms in total. The molecule has 1 fully saturated rings. The molecule has 0 saturated heterocycles. The number of carbonyl (C=O) groups excluding carboxylic acids is 2. The van der Waals surface area contributed by atoms with Crippen molar-refractivity contribution >= 4 is 17.7 Å². The number of ether oxygens (including phenoxy) is 1. The van der Waals surface area contributed by atoms with Crippen LogP contribution in [-0.2, 0) is 19.1 Å². The minimum atomic E-state index is -1.39. The highest BCUT2D eigenvalue weighted by Crippen LogP contribution is 2.46. The molecule has 0 aliphatic heterocycles. The predicted octanol–water partition coefficient (Wildman–Crippen LogP) is 1.79. The Morgan fingerprint density at radius 2 is 2.15 bits per heavy atom. The first kappa shape index (κ1) is 16.2. The van der Waals surface area contributed by atoms with Crippen LogP contribution in [0.25, 0.3) is 0 Å². The quantitative estimate of drug-likeness (QED) is 0.472. The van der Waals surface area contributed by atoms with Gasteiger partial charge in [-0.2, -0.15) is 0 Å². The van der Waals surface area contributed by atoms with E-state index < -0.39 is 23.3 Å². The van der Waals surface area contributed by atoms with Crippen molar-refractivity contribution < 1.29 is 24.2 Å². The minimum Gasteiger partial charge on any atom is -0.481 e. The summed E-state index contributed by atoms with van der Waals surface area (Å²) in [6.07, 6.45) is 2.03. The maximum absolute atomic E-state index is 12.2. The van der Waals surface area contributed by atoms with E-state index in [1.54, 1.807) is 0 Å². The molecule has 0 spiro atoms.